The molecule has 0 saturated heterocycles. The SMILES string of the molecule is CC(C)(C)O[Si](CCCS)(OC(C)(C)C)OC(C)(C)C. The van der Waals surface area contributed by atoms with Crippen LogP contribution in [0, 0.1) is 0 Å². The maximum Gasteiger partial charge on any atom is 0.502 e. The summed E-state index contributed by atoms with van der Waals surface area (Å²) >= 11 is 4.32. The van der Waals surface area contributed by atoms with Gasteiger partial charge in [0, 0.05) is 6.04 Å². The highest BCUT2D eigenvalue weighted by atomic mass is 32.1. The van der Waals surface area contributed by atoms with Crippen molar-refractivity contribution in [1.29, 1.82) is 0 Å². The van der Waals surface area contributed by atoms with Crippen LogP contribution in [0.1, 0.15) is 68.7 Å². The van der Waals surface area contributed by atoms with Crippen LogP contribution in [0.4, 0.5) is 0 Å². The number of thiol groups is 1. The van der Waals surface area contributed by atoms with E-state index >= 15 is 0 Å². The van der Waals surface area contributed by atoms with E-state index in [-0.39, 0.29) is 16.8 Å². The lowest BCUT2D eigenvalue weighted by molar-refractivity contribution is -0.0752. The maximum absolute atomic E-state index is 6.34. The Morgan fingerprint density at radius 1 is 0.700 bits per heavy atom. The van der Waals surface area contributed by atoms with Crippen LogP contribution in [0.5, 0.6) is 0 Å². The van der Waals surface area contributed by atoms with E-state index in [1.54, 1.807) is 0 Å². The van der Waals surface area contributed by atoms with Crippen LogP contribution in [-0.2, 0) is 13.3 Å². The number of rotatable bonds is 6. The van der Waals surface area contributed by atoms with E-state index in [0.717, 1.165) is 18.2 Å². The zero-order valence-corrected chi connectivity index (χ0v) is 16.7. The van der Waals surface area contributed by atoms with Crippen LogP contribution in [0.2, 0.25) is 6.04 Å². The third-order valence-corrected chi connectivity index (χ3v) is 6.08. The van der Waals surface area contributed by atoms with Gasteiger partial charge in [0.1, 0.15) is 0 Å². The van der Waals surface area contributed by atoms with Crippen LogP contribution in [0.25, 0.3) is 0 Å². The Balaban J connectivity index is 5.38. The molecule has 0 aromatic rings. The van der Waals surface area contributed by atoms with Gasteiger partial charge in [-0.05, 0) is 74.5 Å². The summed E-state index contributed by atoms with van der Waals surface area (Å²) in [5, 5.41) is 0. The standard InChI is InChI=1S/C15H34O3SSi/c1-13(2,3)16-20(12-10-11-19,17-14(4,5)6)18-15(7,8)9/h19H,10-12H2,1-9H3. The van der Waals surface area contributed by atoms with Crippen LogP contribution < -0.4 is 0 Å². The molecule has 3 nitrogen and oxygen atoms in total. The molecule has 0 heterocycles. The van der Waals surface area contributed by atoms with E-state index in [1.165, 1.54) is 0 Å². The molecule has 0 radical (unpaired) electrons. The molecular weight excluding hydrogens is 288 g/mol. The van der Waals surface area contributed by atoms with Gasteiger partial charge < -0.3 is 13.3 Å². The molecule has 0 rings (SSSR count). The fourth-order valence-electron chi connectivity index (χ4n) is 1.91. The fraction of sp³-hybridized carbons (Fsp3) is 1.00. The second kappa shape index (κ2) is 7.14. The van der Waals surface area contributed by atoms with E-state index in [1.807, 2.05) is 62.3 Å². The van der Waals surface area contributed by atoms with Crippen molar-refractivity contribution in [2.75, 3.05) is 5.75 Å². The van der Waals surface area contributed by atoms with Crippen LogP contribution >= 0.6 is 12.6 Å². The first kappa shape index (κ1) is 20.4. The van der Waals surface area contributed by atoms with E-state index in [4.69, 9.17) is 13.3 Å². The summed E-state index contributed by atoms with van der Waals surface area (Å²) in [6.07, 6.45) is 0.928. The van der Waals surface area contributed by atoms with Crippen molar-refractivity contribution in [2.24, 2.45) is 0 Å². The first-order valence-electron chi connectivity index (χ1n) is 7.39. The molecule has 0 N–H and O–H groups in total. The van der Waals surface area contributed by atoms with Gasteiger partial charge in [-0.15, -0.1) is 0 Å². The topological polar surface area (TPSA) is 27.7 Å². The quantitative estimate of drug-likeness (QED) is 0.568. The van der Waals surface area contributed by atoms with Crippen molar-refractivity contribution in [1.82, 2.24) is 0 Å². The van der Waals surface area contributed by atoms with Gasteiger partial charge in [0.2, 0.25) is 0 Å². The minimum atomic E-state index is -2.77. The molecule has 0 bridgehead atoms. The smallest absolute Gasteiger partial charge is 0.368 e. The monoisotopic (exact) mass is 322 g/mol. The second-order valence-corrected chi connectivity index (χ2v) is 11.1. The molecule has 5 heteroatoms. The van der Waals surface area contributed by atoms with Crippen molar-refractivity contribution in [3.63, 3.8) is 0 Å². The Kier molecular flexibility index (Phi) is 7.30. The summed E-state index contributed by atoms with van der Waals surface area (Å²) in [5.74, 6) is 0.809. The third kappa shape index (κ3) is 10.2. The molecule has 0 amide bonds. The molecule has 0 aromatic carbocycles. The average Bonchev–Trinajstić information content (AvgIpc) is 2.05. The molecule has 0 fully saturated rings. The predicted octanol–water partition coefficient (Wildman–Crippen LogP) is 4.69. The van der Waals surface area contributed by atoms with E-state index in [2.05, 4.69) is 12.6 Å². The molecule has 20 heavy (non-hydrogen) atoms. The van der Waals surface area contributed by atoms with Gasteiger partial charge in [-0.3, -0.25) is 0 Å². The molecule has 0 aliphatic rings. The normalized spacial score (nSPS) is 14.7. The van der Waals surface area contributed by atoms with Gasteiger partial charge in [-0.25, -0.2) is 0 Å². The van der Waals surface area contributed by atoms with Crippen LogP contribution in [0.15, 0.2) is 0 Å². The Hall–Kier alpha value is 0.447. The average molecular weight is 323 g/mol. The summed E-state index contributed by atoms with van der Waals surface area (Å²) in [6, 6.07) is 0.794. The molecule has 122 valence electrons. The van der Waals surface area contributed by atoms with E-state index in [0.29, 0.717) is 0 Å². The molecular formula is C15H34O3SSi. The predicted molar refractivity (Wildman–Crippen MR) is 91.5 cm³/mol. The van der Waals surface area contributed by atoms with Crippen molar-refractivity contribution in [3.8, 4) is 0 Å². The van der Waals surface area contributed by atoms with Crippen molar-refractivity contribution < 1.29 is 13.3 Å². The minimum Gasteiger partial charge on any atom is -0.368 e. The van der Waals surface area contributed by atoms with Crippen LogP contribution in [-0.4, -0.2) is 31.4 Å². The van der Waals surface area contributed by atoms with Gasteiger partial charge in [-0.2, -0.15) is 12.6 Å². The summed E-state index contributed by atoms with van der Waals surface area (Å²) in [7, 11) is -2.77. The second-order valence-electron chi connectivity index (χ2n) is 8.15. The lowest BCUT2D eigenvalue weighted by Crippen LogP contribution is -2.57. The lowest BCUT2D eigenvalue weighted by Gasteiger charge is -2.43. The summed E-state index contributed by atoms with van der Waals surface area (Å²) in [4.78, 5) is 0. The van der Waals surface area contributed by atoms with Crippen LogP contribution in [0.3, 0.4) is 0 Å². The summed E-state index contributed by atoms with van der Waals surface area (Å²) in [6.45, 7) is 18.4. The van der Waals surface area contributed by atoms with Gasteiger partial charge in [0.15, 0.2) is 0 Å². The molecule has 0 aliphatic carbocycles. The zero-order chi connectivity index (χ0) is 16.2. The maximum atomic E-state index is 6.34. The summed E-state index contributed by atoms with van der Waals surface area (Å²) in [5.41, 5.74) is -0.877. The fourth-order valence-corrected chi connectivity index (χ4v) is 6.21. The Bertz CT molecular complexity index is 246. The Labute approximate surface area is 132 Å². The van der Waals surface area contributed by atoms with Gasteiger partial charge in [-0.1, -0.05) is 0 Å². The largest absolute Gasteiger partial charge is 0.502 e. The minimum absolute atomic E-state index is 0.292. The first-order valence-corrected chi connectivity index (χ1v) is 9.96. The Morgan fingerprint density at radius 2 is 1.00 bits per heavy atom. The molecule has 0 spiro atoms. The van der Waals surface area contributed by atoms with Crippen molar-refractivity contribution in [3.05, 3.63) is 0 Å². The highest BCUT2D eigenvalue weighted by Gasteiger charge is 2.49. The van der Waals surface area contributed by atoms with Crippen molar-refractivity contribution >= 4 is 21.4 Å². The molecule has 0 aromatic heterocycles. The highest BCUT2D eigenvalue weighted by molar-refractivity contribution is 7.80. The molecule has 0 aliphatic heterocycles. The molecule has 0 saturated carbocycles. The number of hydrogen-bond acceptors (Lipinski definition) is 4. The van der Waals surface area contributed by atoms with Gasteiger partial charge in [0.05, 0.1) is 16.8 Å². The van der Waals surface area contributed by atoms with E-state index < -0.39 is 8.80 Å². The molecule has 0 atom stereocenters. The highest BCUT2D eigenvalue weighted by Crippen LogP contribution is 2.32. The Morgan fingerprint density at radius 3 is 1.20 bits per heavy atom. The van der Waals surface area contributed by atoms with Gasteiger partial charge in [0.25, 0.3) is 0 Å². The van der Waals surface area contributed by atoms with Crippen molar-refractivity contribution in [2.45, 2.75) is 91.6 Å². The summed E-state index contributed by atoms with van der Waals surface area (Å²) < 4.78 is 19.0. The first-order chi connectivity index (χ1) is 8.68. The third-order valence-electron chi connectivity index (χ3n) is 2.03. The lowest BCUT2D eigenvalue weighted by atomic mass is 10.2. The van der Waals surface area contributed by atoms with Gasteiger partial charge >= 0.3 is 8.80 Å². The number of hydrogen-bond donors (Lipinski definition) is 1. The zero-order valence-electron chi connectivity index (χ0n) is 14.8. The molecule has 0 unspecified atom stereocenters. The van der Waals surface area contributed by atoms with E-state index in [9.17, 15) is 0 Å².